The van der Waals surface area contributed by atoms with Gasteiger partial charge in [-0.15, -0.1) is 0 Å². The molecule has 1 N–H and O–H groups in total. The van der Waals surface area contributed by atoms with Crippen LogP contribution in [0.1, 0.15) is 22.1 Å². The quantitative estimate of drug-likeness (QED) is 0.705. The summed E-state index contributed by atoms with van der Waals surface area (Å²) in [4.78, 5) is 17.6. The molecule has 2 aromatic rings. The van der Waals surface area contributed by atoms with E-state index in [1.54, 1.807) is 12.1 Å². The van der Waals surface area contributed by atoms with Gasteiger partial charge in [0.2, 0.25) is 10.0 Å². The third-order valence-electron chi connectivity index (χ3n) is 5.66. The first-order valence-electron chi connectivity index (χ1n) is 10.0. The second-order valence-electron chi connectivity index (χ2n) is 7.92. The van der Waals surface area contributed by atoms with Crippen molar-refractivity contribution in [3.8, 4) is 0 Å². The summed E-state index contributed by atoms with van der Waals surface area (Å²) in [5.74, 6) is -0.211. The monoisotopic (exact) mass is 433 g/mol. The maximum atomic E-state index is 12.7. The summed E-state index contributed by atoms with van der Waals surface area (Å²) in [6.07, 6.45) is 2.02. The van der Waals surface area contributed by atoms with E-state index in [1.165, 1.54) is 26.2 Å². The molecule has 1 unspecified atom stereocenters. The maximum absolute atomic E-state index is 12.7. The van der Waals surface area contributed by atoms with E-state index in [9.17, 15) is 13.2 Å². The Labute approximate surface area is 179 Å². The molecule has 164 valence electrons. The molecule has 8 nitrogen and oxygen atoms in total. The second-order valence-corrected chi connectivity index (χ2v) is 10.1. The molecule has 1 aromatic heterocycles. The van der Waals surface area contributed by atoms with E-state index in [-0.39, 0.29) is 16.8 Å². The number of sulfonamides is 1. The molecule has 1 aliphatic rings. The summed E-state index contributed by atoms with van der Waals surface area (Å²) in [5, 5.41) is 3.04. The summed E-state index contributed by atoms with van der Waals surface area (Å²) in [6.45, 7) is 4.37. The third kappa shape index (κ3) is 4.92. The molecule has 1 saturated heterocycles. The van der Waals surface area contributed by atoms with E-state index in [2.05, 4.69) is 32.8 Å². The van der Waals surface area contributed by atoms with Crippen LogP contribution in [0.4, 0.5) is 0 Å². The van der Waals surface area contributed by atoms with E-state index < -0.39 is 10.0 Å². The minimum atomic E-state index is -3.51. The van der Waals surface area contributed by atoms with Crippen LogP contribution in [0.25, 0.3) is 0 Å². The number of amides is 1. The van der Waals surface area contributed by atoms with Crippen molar-refractivity contribution in [2.75, 3.05) is 53.9 Å². The molecular weight excluding hydrogens is 402 g/mol. The molecule has 1 atom stereocenters. The largest absolute Gasteiger partial charge is 0.353 e. The van der Waals surface area contributed by atoms with Gasteiger partial charge in [-0.25, -0.2) is 12.7 Å². The molecule has 1 fully saturated rings. The zero-order valence-corrected chi connectivity index (χ0v) is 18.9. The van der Waals surface area contributed by atoms with Crippen molar-refractivity contribution in [1.29, 1.82) is 0 Å². The van der Waals surface area contributed by atoms with E-state index in [4.69, 9.17) is 0 Å². The molecule has 0 radical (unpaired) electrons. The molecule has 0 saturated carbocycles. The number of hydrogen-bond donors (Lipinski definition) is 1. The van der Waals surface area contributed by atoms with Crippen molar-refractivity contribution in [1.82, 2.24) is 24.0 Å². The average molecular weight is 434 g/mol. The smallest absolute Gasteiger partial charge is 0.251 e. The Kier molecular flexibility index (Phi) is 6.97. The number of benzene rings is 1. The molecule has 2 heterocycles. The number of rotatable bonds is 7. The number of carbonyl (C=O) groups excluding carboxylic acids is 1. The predicted octanol–water partition coefficient (Wildman–Crippen LogP) is 0.994. The summed E-state index contributed by atoms with van der Waals surface area (Å²) in [7, 11) is 3.60. The fourth-order valence-corrected chi connectivity index (χ4v) is 4.56. The summed E-state index contributed by atoms with van der Waals surface area (Å²) >= 11 is 0. The van der Waals surface area contributed by atoms with Gasteiger partial charge in [0.25, 0.3) is 5.91 Å². The van der Waals surface area contributed by atoms with Crippen molar-refractivity contribution in [3.05, 3.63) is 53.9 Å². The Balaban J connectivity index is 1.71. The topological polar surface area (TPSA) is 77.9 Å². The minimum absolute atomic E-state index is 0.0797. The standard InChI is InChI=1S/C21H31N5O3S/c1-23(2)30(28,29)18-9-7-17(8-10-18)21(27)22-16-20(19-6-5-11-25(19)4)26-14-12-24(3)13-15-26/h5-11,20H,12-16H2,1-4H3,(H,22,27). The number of nitrogens with one attached hydrogen (secondary N) is 1. The minimum Gasteiger partial charge on any atom is -0.353 e. The number of aryl methyl sites for hydroxylation is 1. The molecule has 1 aliphatic heterocycles. The number of aromatic nitrogens is 1. The molecular formula is C21H31N5O3S. The van der Waals surface area contributed by atoms with Crippen molar-refractivity contribution < 1.29 is 13.2 Å². The van der Waals surface area contributed by atoms with Crippen LogP contribution < -0.4 is 5.32 Å². The van der Waals surface area contributed by atoms with Crippen LogP contribution in [-0.2, 0) is 17.1 Å². The second kappa shape index (κ2) is 9.30. The van der Waals surface area contributed by atoms with Crippen LogP contribution in [0.2, 0.25) is 0 Å². The Morgan fingerprint density at radius 2 is 1.70 bits per heavy atom. The molecule has 3 rings (SSSR count). The molecule has 1 aromatic carbocycles. The molecule has 1 amide bonds. The van der Waals surface area contributed by atoms with Crippen molar-refractivity contribution in [2.24, 2.45) is 7.05 Å². The zero-order chi connectivity index (χ0) is 21.9. The van der Waals surface area contributed by atoms with Gasteiger partial charge < -0.3 is 14.8 Å². The zero-order valence-electron chi connectivity index (χ0n) is 18.1. The lowest BCUT2D eigenvalue weighted by Gasteiger charge is -2.38. The maximum Gasteiger partial charge on any atom is 0.251 e. The van der Waals surface area contributed by atoms with Gasteiger partial charge in [-0.05, 0) is 43.4 Å². The number of hydrogen-bond acceptors (Lipinski definition) is 5. The summed E-state index contributed by atoms with van der Waals surface area (Å²) in [5.41, 5.74) is 1.60. The first-order chi connectivity index (χ1) is 14.2. The van der Waals surface area contributed by atoms with Crippen LogP contribution >= 0.6 is 0 Å². The van der Waals surface area contributed by atoms with Crippen LogP contribution in [0.3, 0.4) is 0 Å². The van der Waals surface area contributed by atoms with E-state index in [0.717, 1.165) is 36.2 Å². The van der Waals surface area contributed by atoms with Crippen molar-refractivity contribution in [3.63, 3.8) is 0 Å². The lowest BCUT2D eigenvalue weighted by Crippen LogP contribution is -2.48. The van der Waals surface area contributed by atoms with Crippen molar-refractivity contribution >= 4 is 15.9 Å². The Morgan fingerprint density at radius 1 is 1.07 bits per heavy atom. The highest BCUT2D eigenvalue weighted by Crippen LogP contribution is 2.22. The van der Waals surface area contributed by atoms with Gasteiger partial charge in [-0.3, -0.25) is 9.69 Å². The predicted molar refractivity (Wildman–Crippen MR) is 117 cm³/mol. The lowest BCUT2D eigenvalue weighted by atomic mass is 10.1. The average Bonchev–Trinajstić information content (AvgIpc) is 3.15. The third-order valence-corrected chi connectivity index (χ3v) is 7.48. The highest BCUT2D eigenvalue weighted by Gasteiger charge is 2.26. The fourth-order valence-electron chi connectivity index (χ4n) is 3.66. The van der Waals surface area contributed by atoms with Crippen LogP contribution in [-0.4, -0.2) is 86.9 Å². The lowest BCUT2D eigenvalue weighted by molar-refractivity contribution is 0.0877. The van der Waals surface area contributed by atoms with E-state index in [1.807, 2.05) is 19.3 Å². The SMILES string of the molecule is CN1CCN(C(CNC(=O)c2ccc(S(=O)(=O)N(C)C)cc2)c2cccn2C)CC1. The molecule has 30 heavy (non-hydrogen) atoms. The highest BCUT2D eigenvalue weighted by atomic mass is 32.2. The summed E-state index contributed by atoms with van der Waals surface area (Å²) in [6, 6.07) is 10.2. The molecule has 0 aliphatic carbocycles. The normalized spacial score (nSPS) is 17.2. The fraction of sp³-hybridized carbons (Fsp3) is 0.476. The van der Waals surface area contributed by atoms with Crippen LogP contribution in [0.5, 0.6) is 0 Å². The van der Waals surface area contributed by atoms with Crippen LogP contribution in [0.15, 0.2) is 47.5 Å². The number of piperazine rings is 1. The van der Waals surface area contributed by atoms with Gasteiger partial charge in [0.15, 0.2) is 0 Å². The highest BCUT2D eigenvalue weighted by molar-refractivity contribution is 7.89. The Hall–Kier alpha value is -2.20. The van der Waals surface area contributed by atoms with Gasteiger partial charge in [0, 0.05) is 71.3 Å². The number of nitrogens with zero attached hydrogens (tertiary/aromatic N) is 4. The Bertz CT molecular complexity index is 961. The first kappa shape index (κ1) is 22.5. The van der Waals surface area contributed by atoms with Crippen molar-refractivity contribution in [2.45, 2.75) is 10.9 Å². The molecule has 0 bridgehead atoms. The summed E-state index contributed by atoms with van der Waals surface area (Å²) < 4.78 is 27.7. The first-order valence-corrected chi connectivity index (χ1v) is 11.5. The molecule has 9 heteroatoms. The van der Waals surface area contributed by atoms with E-state index >= 15 is 0 Å². The Morgan fingerprint density at radius 3 is 2.23 bits per heavy atom. The van der Waals surface area contributed by atoms with Gasteiger partial charge in [0.05, 0.1) is 10.9 Å². The molecule has 0 spiro atoms. The van der Waals surface area contributed by atoms with Gasteiger partial charge >= 0.3 is 0 Å². The van der Waals surface area contributed by atoms with Gasteiger partial charge in [-0.1, -0.05) is 0 Å². The number of carbonyl (C=O) groups is 1. The van der Waals surface area contributed by atoms with Crippen LogP contribution in [0, 0.1) is 0 Å². The number of likely N-dealkylation sites (N-methyl/N-ethyl adjacent to an activating group) is 1. The van der Waals surface area contributed by atoms with Gasteiger partial charge in [-0.2, -0.15) is 0 Å². The van der Waals surface area contributed by atoms with Gasteiger partial charge in [0.1, 0.15) is 0 Å². The van der Waals surface area contributed by atoms with E-state index in [0.29, 0.717) is 12.1 Å².